The van der Waals surface area contributed by atoms with Crippen LogP contribution < -0.4 is 5.32 Å². The molecule has 2 atom stereocenters. The first-order valence-corrected chi connectivity index (χ1v) is 10.2. The fourth-order valence-electron chi connectivity index (χ4n) is 2.85. The van der Waals surface area contributed by atoms with Crippen LogP contribution in [0.1, 0.15) is 75.0 Å². The van der Waals surface area contributed by atoms with Gasteiger partial charge in [0.15, 0.2) is 6.10 Å². The molecule has 0 aliphatic carbocycles. The van der Waals surface area contributed by atoms with Gasteiger partial charge in [0.25, 0.3) is 5.91 Å². The van der Waals surface area contributed by atoms with Gasteiger partial charge in [0, 0.05) is 45.3 Å². The number of unbranched alkanes of at least 4 members (excludes halogenated alkanes) is 1. The third kappa shape index (κ3) is 6.93. The standard InChI is InChI=1S/C19H31N3O4S/c1-7-8-9-17(24)22(6)15(12(2)3)10-16(26-13(4)23)19-21-14(11-27-19)18(25)20-5/h11-12,15-16H,7-10H2,1-6H3,(H,20,25). The SMILES string of the molecule is CCCCC(=O)N(C)C(CC(OC(C)=O)c1nc(C(=O)NC)cs1)C(C)C. The van der Waals surface area contributed by atoms with Gasteiger partial charge >= 0.3 is 5.97 Å². The van der Waals surface area contributed by atoms with Crippen molar-refractivity contribution in [2.45, 2.75) is 65.5 Å². The van der Waals surface area contributed by atoms with Crippen molar-refractivity contribution in [2.75, 3.05) is 14.1 Å². The summed E-state index contributed by atoms with van der Waals surface area (Å²) in [7, 11) is 3.34. The largest absolute Gasteiger partial charge is 0.455 e. The van der Waals surface area contributed by atoms with Crippen LogP contribution in [0.4, 0.5) is 0 Å². The van der Waals surface area contributed by atoms with E-state index in [-0.39, 0.29) is 23.8 Å². The molecule has 152 valence electrons. The predicted molar refractivity (Wildman–Crippen MR) is 106 cm³/mol. The average molecular weight is 398 g/mol. The Hall–Kier alpha value is -1.96. The fraction of sp³-hybridized carbons (Fsp3) is 0.684. The number of aromatic nitrogens is 1. The number of carbonyl (C=O) groups is 3. The summed E-state index contributed by atoms with van der Waals surface area (Å²) in [6.45, 7) is 7.48. The van der Waals surface area contributed by atoms with Crippen LogP contribution in [0, 0.1) is 5.92 Å². The van der Waals surface area contributed by atoms with Crippen LogP contribution in [-0.4, -0.2) is 47.8 Å². The summed E-state index contributed by atoms with van der Waals surface area (Å²) in [5.74, 6) is -0.440. The monoisotopic (exact) mass is 397 g/mol. The van der Waals surface area contributed by atoms with Gasteiger partial charge in [-0.2, -0.15) is 0 Å². The minimum Gasteiger partial charge on any atom is -0.455 e. The van der Waals surface area contributed by atoms with Crippen LogP contribution in [0.2, 0.25) is 0 Å². The highest BCUT2D eigenvalue weighted by atomic mass is 32.1. The highest BCUT2D eigenvalue weighted by Gasteiger charge is 2.30. The second-order valence-electron chi connectivity index (χ2n) is 6.90. The Morgan fingerprint density at radius 1 is 1.33 bits per heavy atom. The van der Waals surface area contributed by atoms with Gasteiger partial charge in [-0.05, 0) is 12.3 Å². The molecule has 1 aromatic heterocycles. The predicted octanol–water partition coefficient (Wildman–Crippen LogP) is 3.17. The van der Waals surface area contributed by atoms with E-state index >= 15 is 0 Å². The number of ether oxygens (including phenoxy) is 1. The van der Waals surface area contributed by atoms with E-state index in [0.29, 0.717) is 23.5 Å². The lowest BCUT2D eigenvalue weighted by Gasteiger charge is -2.33. The van der Waals surface area contributed by atoms with E-state index in [2.05, 4.69) is 17.2 Å². The molecule has 0 spiro atoms. The summed E-state index contributed by atoms with van der Waals surface area (Å²) < 4.78 is 5.49. The smallest absolute Gasteiger partial charge is 0.303 e. The maximum atomic E-state index is 12.5. The van der Waals surface area contributed by atoms with Crippen molar-refractivity contribution in [2.24, 2.45) is 5.92 Å². The van der Waals surface area contributed by atoms with Crippen molar-refractivity contribution in [1.82, 2.24) is 15.2 Å². The lowest BCUT2D eigenvalue weighted by Crippen LogP contribution is -2.41. The van der Waals surface area contributed by atoms with Crippen LogP contribution >= 0.6 is 11.3 Å². The molecule has 0 saturated heterocycles. The Bertz CT molecular complexity index is 645. The normalized spacial score (nSPS) is 13.1. The van der Waals surface area contributed by atoms with E-state index in [9.17, 15) is 14.4 Å². The number of amides is 2. The van der Waals surface area contributed by atoms with Gasteiger partial charge in [0.05, 0.1) is 0 Å². The first-order chi connectivity index (χ1) is 12.7. The van der Waals surface area contributed by atoms with Gasteiger partial charge in [0.1, 0.15) is 10.7 Å². The van der Waals surface area contributed by atoms with Crippen molar-refractivity contribution in [3.05, 3.63) is 16.1 Å². The van der Waals surface area contributed by atoms with Crippen molar-refractivity contribution in [1.29, 1.82) is 0 Å². The molecule has 1 rings (SSSR count). The fourth-order valence-corrected chi connectivity index (χ4v) is 3.69. The van der Waals surface area contributed by atoms with E-state index < -0.39 is 12.1 Å². The molecule has 8 heteroatoms. The van der Waals surface area contributed by atoms with E-state index in [0.717, 1.165) is 12.8 Å². The third-order valence-electron chi connectivity index (χ3n) is 4.43. The summed E-state index contributed by atoms with van der Waals surface area (Å²) in [5.41, 5.74) is 0.295. The molecule has 27 heavy (non-hydrogen) atoms. The van der Waals surface area contributed by atoms with Crippen LogP contribution in [0.25, 0.3) is 0 Å². The summed E-state index contributed by atoms with van der Waals surface area (Å²) >= 11 is 1.28. The number of carbonyl (C=O) groups excluding carboxylic acids is 3. The summed E-state index contributed by atoms with van der Waals surface area (Å²) in [6.07, 6.45) is 2.16. The Morgan fingerprint density at radius 3 is 2.52 bits per heavy atom. The lowest BCUT2D eigenvalue weighted by molar-refractivity contribution is -0.148. The van der Waals surface area contributed by atoms with Gasteiger partial charge in [0.2, 0.25) is 5.91 Å². The molecular weight excluding hydrogens is 366 g/mol. The highest BCUT2D eigenvalue weighted by molar-refractivity contribution is 7.09. The van der Waals surface area contributed by atoms with Gasteiger partial charge in [-0.25, -0.2) is 4.98 Å². The zero-order valence-electron chi connectivity index (χ0n) is 17.1. The molecule has 0 fully saturated rings. The minimum atomic E-state index is -0.597. The number of rotatable bonds is 10. The van der Waals surface area contributed by atoms with Crippen molar-refractivity contribution in [3.63, 3.8) is 0 Å². The zero-order chi connectivity index (χ0) is 20.6. The van der Waals surface area contributed by atoms with Crippen LogP contribution in [0.5, 0.6) is 0 Å². The van der Waals surface area contributed by atoms with E-state index in [1.807, 2.05) is 13.8 Å². The molecule has 0 aromatic carbocycles. The van der Waals surface area contributed by atoms with Gasteiger partial charge in [-0.3, -0.25) is 14.4 Å². The number of nitrogens with zero attached hydrogens (tertiary/aromatic N) is 2. The molecule has 0 bridgehead atoms. The van der Waals surface area contributed by atoms with Gasteiger partial charge < -0.3 is 15.0 Å². The molecule has 2 amide bonds. The molecule has 0 radical (unpaired) electrons. The first kappa shape index (κ1) is 23.1. The molecular formula is C19H31N3O4S. The number of thiazole rings is 1. The molecule has 1 aromatic rings. The molecule has 1 N–H and O–H groups in total. The van der Waals surface area contributed by atoms with E-state index in [4.69, 9.17) is 4.74 Å². The average Bonchev–Trinajstić information content (AvgIpc) is 3.11. The maximum Gasteiger partial charge on any atom is 0.303 e. The third-order valence-corrected chi connectivity index (χ3v) is 5.36. The highest BCUT2D eigenvalue weighted by Crippen LogP contribution is 2.30. The topological polar surface area (TPSA) is 88.6 Å². The second kappa shape index (κ2) is 11.0. The molecule has 0 aliphatic heterocycles. The Labute approximate surface area is 165 Å². The summed E-state index contributed by atoms with van der Waals surface area (Å²) in [5, 5.41) is 4.73. The second-order valence-corrected chi connectivity index (χ2v) is 7.79. The van der Waals surface area contributed by atoms with Crippen LogP contribution in [0.3, 0.4) is 0 Å². The molecule has 0 aliphatic rings. The maximum absolute atomic E-state index is 12.5. The van der Waals surface area contributed by atoms with Crippen molar-refractivity contribution in [3.8, 4) is 0 Å². The van der Waals surface area contributed by atoms with Gasteiger partial charge in [-0.15, -0.1) is 11.3 Å². The molecule has 7 nitrogen and oxygen atoms in total. The van der Waals surface area contributed by atoms with Crippen LogP contribution in [-0.2, 0) is 14.3 Å². The zero-order valence-corrected chi connectivity index (χ0v) is 17.9. The Morgan fingerprint density at radius 2 is 2.00 bits per heavy atom. The van der Waals surface area contributed by atoms with Crippen LogP contribution in [0.15, 0.2) is 5.38 Å². The molecule has 1 heterocycles. The lowest BCUT2D eigenvalue weighted by atomic mass is 9.96. The number of hydrogen-bond donors (Lipinski definition) is 1. The number of nitrogens with one attached hydrogen (secondary N) is 1. The van der Waals surface area contributed by atoms with E-state index in [1.54, 1.807) is 17.3 Å². The summed E-state index contributed by atoms with van der Waals surface area (Å²) in [6, 6.07) is -0.106. The molecule has 0 saturated carbocycles. The minimum absolute atomic E-state index is 0.0855. The van der Waals surface area contributed by atoms with E-state index in [1.165, 1.54) is 25.3 Å². The van der Waals surface area contributed by atoms with Gasteiger partial charge in [-0.1, -0.05) is 27.2 Å². The number of esters is 1. The Balaban J connectivity index is 3.03. The quantitative estimate of drug-likeness (QED) is 0.613. The molecule has 2 unspecified atom stereocenters. The number of hydrogen-bond acceptors (Lipinski definition) is 6. The Kier molecular flexibility index (Phi) is 9.41. The van der Waals surface area contributed by atoms with Crippen molar-refractivity contribution < 1.29 is 19.1 Å². The first-order valence-electron chi connectivity index (χ1n) is 9.31. The summed E-state index contributed by atoms with van der Waals surface area (Å²) in [4.78, 5) is 41.9. The van der Waals surface area contributed by atoms with Crippen molar-refractivity contribution >= 4 is 29.1 Å².